The minimum atomic E-state index is 0.0747. The zero-order chi connectivity index (χ0) is 9.95. The summed E-state index contributed by atoms with van der Waals surface area (Å²) in [5.74, 6) is 0. The van der Waals surface area contributed by atoms with Crippen molar-refractivity contribution in [3.63, 3.8) is 0 Å². The molecule has 1 aliphatic rings. The summed E-state index contributed by atoms with van der Waals surface area (Å²) in [6, 6.07) is 0. The number of nitrogens with one attached hydrogen (secondary N) is 1. The van der Waals surface area contributed by atoms with Gasteiger partial charge in [0.1, 0.15) is 6.67 Å². The Morgan fingerprint density at radius 2 is 2.23 bits per heavy atom. The summed E-state index contributed by atoms with van der Waals surface area (Å²) in [4.78, 5) is 4.34. The van der Waals surface area contributed by atoms with Gasteiger partial charge in [-0.05, 0) is 18.0 Å². The SMILES string of the molecule is CCC(C)(C)C1(C)C=CNCN=C1. The van der Waals surface area contributed by atoms with E-state index in [1.54, 1.807) is 0 Å². The van der Waals surface area contributed by atoms with E-state index in [4.69, 9.17) is 0 Å². The second kappa shape index (κ2) is 3.52. The van der Waals surface area contributed by atoms with Gasteiger partial charge < -0.3 is 5.32 Å². The molecule has 1 unspecified atom stereocenters. The van der Waals surface area contributed by atoms with E-state index in [1.807, 2.05) is 6.20 Å². The lowest BCUT2D eigenvalue weighted by molar-refractivity contribution is 0.215. The molecule has 1 rings (SSSR count). The summed E-state index contributed by atoms with van der Waals surface area (Å²) in [7, 11) is 0. The third kappa shape index (κ3) is 1.93. The molecule has 74 valence electrons. The van der Waals surface area contributed by atoms with Crippen molar-refractivity contribution in [2.45, 2.75) is 34.1 Å². The fraction of sp³-hybridized carbons (Fsp3) is 0.727. The van der Waals surface area contributed by atoms with Crippen molar-refractivity contribution >= 4 is 6.21 Å². The van der Waals surface area contributed by atoms with Gasteiger partial charge >= 0.3 is 0 Å². The highest BCUT2D eigenvalue weighted by atomic mass is 15.0. The molecular formula is C11H20N2. The summed E-state index contributed by atoms with van der Waals surface area (Å²) in [6.45, 7) is 9.74. The largest absolute Gasteiger partial charge is 0.373 e. The minimum Gasteiger partial charge on any atom is -0.373 e. The van der Waals surface area contributed by atoms with Crippen LogP contribution in [0.1, 0.15) is 34.1 Å². The van der Waals surface area contributed by atoms with E-state index < -0.39 is 0 Å². The van der Waals surface area contributed by atoms with Crippen LogP contribution in [0.3, 0.4) is 0 Å². The topological polar surface area (TPSA) is 24.4 Å². The van der Waals surface area contributed by atoms with E-state index in [2.05, 4.69) is 50.3 Å². The maximum atomic E-state index is 4.34. The lowest BCUT2D eigenvalue weighted by Crippen LogP contribution is -2.34. The molecular weight excluding hydrogens is 160 g/mol. The van der Waals surface area contributed by atoms with Gasteiger partial charge in [0, 0.05) is 11.6 Å². The van der Waals surface area contributed by atoms with Crippen LogP contribution in [0.2, 0.25) is 0 Å². The Kier molecular flexibility index (Phi) is 2.79. The first-order valence-corrected chi connectivity index (χ1v) is 4.94. The van der Waals surface area contributed by atoms with Crippen LogP contribution in [0.15, 0.2) is 17.3 Å². The van der Waals surface area contributed by atoms with Crippen LogP contribution in [0.5, 0.6) is 0 Å². The van der Waals surface area contributed by atoms with Gasteiger partial charge in [-0.25, -0.2) is 0 Å². The first-order chi connectivity index (χ1) is 6.02. The number of hydrogen-bond donors (Lipinski definition) is 1. The summed E-state index contributed by atoms with van der Waals surface area (Å²) in [5, 5.41) is 3.12. The quantitative estimate of drug-likeness (QED) is 0.694. The Morgan fingerprint density at radius 3 is 2.85 bits per heavy atom. The molecule has 0 saturated carbocycles. The number of allylic oxidation sites excluding steroid dienone is 1. The number of aliphatic imine (C=N–C) groups is 1. The highest BCUT2D eigenvalue weighted by Crippen LogP contribution is 2.41. The molecule has 0 spiro atoms. The van der Waals surface area contributed by atoms with Crippen molar-refractivity contribution < 1.29 is 0 Å². The highest BCUT2D eigenvalue weighted by molar-refractivity contribution is 5.69. The first-order valence-electron chi connectivity index (χ1n) is 4.94. The minimum absolute atomic E-state index is 0.0747. The van der Waals surface area contributed by atoms with Crippen molar-refractivity contribution in [1.29, 1.82) is 0 Å². The fourth-order valence-corrected chi connectivity index (χ4v) is 1.40. The van der Waals surface area contributed by atoms with E-state index in [-0.39, 0.29) is 10.8 Å². The van der Waals surface area contributed by atoms with Crippen LogP contribution in [0.25, 0.3) is 0 Å². The van der Waals surface area contributed by atoms with Gasteiger partial charge in [0.05, 0.1) is 0 Å². The van der Waals surface area contributed by atoms with Gasteiger partial charge in [-0.2, -0.15) is 0 Å². The molecule has 0 aromatic carbocycles. The van der Waals surface area contributed by atoms with Crippen LogP contribution < -0.4 is 5.32 Å². The monoisotopic (exact) mass is 180 g/mol. The van der Waals surface area contributed by atoms with Crippen molar-refractivity contribution in [2.24, 2.45) is 15.8 Å². The van der Waals surface area contributed by atoms with Gasteiger partial charge in [-0.3, -0.25) is 4.99 Å². The van der Waals surface area contributed by atoms with Crippen LogP contribution >= 0.6 is 0 Å². The normalized spacial score (nSPS) is 28.3. The zero-order valence-corrected chi connectivity index (χ0v) is 9.09. The van der Waals surface area contributed by atoms with Gasteiger partial charge in [-0.15, -0.1) is 0 Å². The van der Waals surface area contributed by atoms with Crippen molar-refractivity contribution in [3.05, 3.63) is 12.3 Å². The third-order valence-electron chi connectivity index (χ3n) is 3.43. The fourth-order valence-electron chi connectivity index (χ4n) is 1.40. The van der Waals surface area contributed by atoms with E-state index in [1.165, 1.54) is 0 Å². The zero-order valence-electron chi connectivity index (χ0n) is 9.09. The van der Waals surface area contributed by atoms with Crippen LogP contribution in [-0.4, -0.2) is 12.9 Å². The molecule has 2 nitrogen and oxygen atoms in total. The first kappa shape index (κ1) is 10.3. The Balaban J connectivity index is 2.96. The third-order valence-corrected chi connectivity index (χ3v) is 3.43. The standard InChI is InChI=1S/C11H20N2/c1-5-10(2,3)11(4)6-7-12-9-13-8-11/h6-8,12H,5,9H2,1-4H3. The van der Waals surface area contributed by atoms with Crippen molar-refractivity contribution in [3.8, 4) is 0 Å². The smallest absolute Gasteiger partial charge is 0.106 e. The molecule has 1 N–H and O–H groups in total. The molecule has 13 heavy (non-hydrogen) atoms. The summed E-state index contributed by atoms with van der Waals surface area (Å²) in [5.41, 5.74) is 0.338. The molecule has 0 aromatic rings. The van der Waals surface area contributed by atoms with Gasteiger partial charge in [-0.1, -0.05) is 33.8 Å². The Bertz CT molecular complexity index is 212. The van der Waals surface area contributed by atoms with Gasteiger partial charge in [0.15, 0.2) is 0 Å². The van der Waals surface area contributed by atoms with Gasteiger partial charge in [0.25, 0.3) is 0 Å². The van der Waals surface area contributed by atoms with E-state index in [9.17, 15) is 0 Å². The average molecular weight is 180 g/mol. The number of hydrogen-bond acceptors (Lipinski definition) is 2. The molecule has 2 heteroatoms. The van der Waals surface area contributed by atoms with Crippen molar-refractivity contribution in [2.75, 3.05) is 6.67 Å². The van der Waals surface area contributed by atoms with Crippen LogP contribution in [-0.2, 0) is 0 Å². The molecule has 0 aliphatic carbocycles. The van der Waals surface area contributed by atoms with E-state index >= 15 is 0 Å². The molecule has 1 aliphatic heterocycles. The summed E-state index contributed by atoms with van der Waals surface area (Å²) < 4.78 is 0. The second-order valence-electron chi connectivity index (χ2n) is 4.53. The Hall–Kier alpha value is -0.790. The Labute approximate surface area is 81.1 Å². The predicted octanol–water partition coefficient (Wildman–Crippen LogP) is 2.57. The Morgan fingerprint density at radius 1 is 1.54 bits per heavy atom. The van der Waals surface area contributed by atoms with Crippen LogP contribution in [0, 0.1) is 10.8 Å². The molecule has 0 fully saturated rings. The molecule has 0 radical (unpaired) electrons. The molecule has 1 heterocycles. The lowest BCUT2D eigenvalue weighted by atomic mass is 9.66. The number of nitrogens with zero attached hydrogens (tertiary/aromatic N) is 1. The van der Waals surface area contributed by atoms with Crippen LogP contribution in [0.4, 0.5) is 0 Å². The average Bonchev–Trinajstić information content (AvgIpc) is 2.31. The molecule has 0 saturated heterocycles. The highest BCUT2D eigenvalue weighted by Gasteiger charge is 2.36. The van der Waals surface area contributed by atoms with E-state index in [0.717, 1.165) is 6.42 Å². The maximum absolute atomic E-state index is 4.34. The molecule has 0 amide bonds. The maximum Gasteiger partial charge on any atom is 0.106 e. The van der Waals surface area contributed by atoms with Gasteiger partial charge in [0.2, 0.25) is 0 Å². The van der Waals surface area contributed by atoms with Crippen molar-refractivity contribution in [1.82, 2.24) is 5.32 Å². The summed E-state index contributed by atoms with van der Waals surface area (Å²) in [6.07, 6.45) is 7.46. The van der Waals surface area contributed by atoms with E-state index in [0.29, 0.717) is 6.67 Å². The molecule has 0 bridgehead atoms. The molecule has 1 atom stereocenters. The molecule has 0 aromatic heterocycles. The number of rotatable bonds is 2. The second-order valence-corrected chi connectivity index (χ2v) is 4.53. The predicted molar refractivity (Wildman–Crippen MR) is 57.8 cm³/mol. The lowest BCUT2D eigenvalue weighted by Gasteiger charge is -2.38. The summed E-state index contributed by atoms with van der Waals surface area (Å²) >= 11 is 0.